The zero-order valence-corrected chi connectivity index (χ0v) is 11.0. The maximum atomic E-state index is 9.54. The summed E-state index contributed by atoms with van der Waals surface area (Å²) in [6.07, 6.45) is 3.26. The number of nitrogens with zero attached hydrogens (tertiary/aromatic N) is 2. The normalized spacial score (nSPS) is 10.9. The van der Waals surface area contributed by atoms with Crippen LogP contribution in [-0.2, 0) is 0 Å². The third-order valence-electron chi connectivity index (χ3n) is 2.69. The minimum absolute atomic E-state index is 0. The van der Waals surface area contributed by atoms with Gasteiger partial charge in [0.1, 0.15) is 11.5 Å². The van der Waals surface area contributed by atoms with Crippen LogP contribution in [-0.4, -0.2) is 61.6 Å². The van der Waals surface area contributed by atoms with E-state index in [-0.39, 0.29) is 37.3 Å². The summed E-state index contributed by atoms with van der Waals surface area (Å²) in [6, 6.07) is 14.1. The molecule has 0 bridgehead atoms. The summed E-state index contributed by atoms with van der Waals surface area (Å²) < 4.78 is 0. The van der Waals surface area contributed by atoms with Crippen molar-refractivity contribution in [2.75, 3.05) is 13.1 Å². The first kappa shape index (κ1) is 17.3. The first-order chi connectivity index (χ1) is 9.77. The molecule has 0 atom stereocenters. The van der Waals surface area contributed by atoms with Gasteiger partial charge >= 0.3 is 25.8 Å². The predicted octanol–water partition coefficient (Wildman–Crippen LogP) is 1.45. The molecule has 2 aromatic carbocycles. The van der Waals surface area contributed by atoms with Crippen molar-refractivity contribution in [3.63, 3.8) is 0 Å². The van der Waals surface area contributed by atoms with Crippen molar-refractivity contribution in [1.82, 2.24) is 0 Å². The van der Waals surface area contributed by atoms with E-state index in [1.165, 1.54) is 0 Å². The van der Waals surface area contributed by atoms with Gasteiger partial charge in [-0.25, -0.2) is 0 Å². The van der Waals surface area contributed by atoms with E-state index in [1.807, 2.05) is 12.1 Å². The van der Waals surface area contributed by atoms with E-state index in [4.69, 9.17) is 0 Å². The molecule has 0 saturated heterocycles. The Hall–Kier alpha value is -1.75. The van der Waals surface area contributed by atoms with Gasteiger partial charge in [-0.2, -0.15) is 0 Å². The molecule has 108 valence electrons. The summed E-state index contributed by atoms with van der Waals surface area (Å²) in [7, 11) is 0. The van der Waals surface area contributed by atoms with Gasteiger partial charge in [0.05, 0.1) is 13.1 Å². The van der Waals surface area contributed by atoms with Crippen molar-refractivity contribution in [2.24, 2.45) is 9.98 Å². The van der Waals surface area contributed by atoms with Crippen LogP contribution in [0, 0.1) is 0 Å². The molecule has 0 fully saturated rings. The van der Waals surface area contributed by atoms with Crippen LogP contribution in [0.25, 0.3) is 0 Å². The van der Waals surface area contributed by atoms with Gasteiger partial charge in [0.15, 0.2) is 0 Å². The topological polar surface area (TPSA) is 65.2 Å². The summed E-state index contributed by atoms with van der Waals surface area (Å²) in [5, 5.41) is 19.1. The fourth-order valence-electron chi connectivity index (χ4n) is 1.63. The number of aromatic hydroxyl groups is 2. The van der Waals surface area contributed by atoms with Crippen molar-refractivity contribution >= 4 is 38.3 Å². The number of phenols is 2. The van der Waals surface area contributed by atoms with Gasteiger partial charge in [-0.05, 0) is 24.3 Å². The minimum atomic E-state index is 0. The number of phenolic OH excluding ortho intramolecular Hbond substituents is 2. The van der Waals surface area contributed by atoms with Crippen LogP contribution in [0.15, 0.2) is 58.5 Å². The van der Waals surface area contributed by atoms with E-state index in [0.717, 1.165) is 0 Å². The van der Waals surface area contributed by atoms with E-state index in [2.05, 4.69) is 9.98 Å². The predicted molar refractivity (Wildman–Crippen MR) is 91.1 cm³/mol. The van der Waals surface area contributed by atoms with Gasteiger partial charge in [-0.1, -0.05) is 24.3 Å². The van der Waals surface area contributed by atoms with Crippen molar-refractivity contribution in [1.29, 1.82) is 0 Å². The monoisotopic (exact) mass is 386 g/mol. The molecule has 0 aliphatic carbocycles. The maximum absolute atomic E-state index is 9.54. The van der Waals surface area contributed by atoms with Crippen LogP contribution in [0.2, 0.25) is 0 Å². The molecule has 0 saturated carbocycles. The zero-order chi connectivity index (χ0) is 14.2. The van der Waals surface area contributed by atoms with Gasteiger partial charge in [0.2, 0.25) is 0 Å². The summed E-state index contributed by atoms with van der Waals surface area (Å²) in [5.41, 5.74) is 1.38. The summed E-state index contributed by atoms with van der Waals surface area (Å²) in [4.78, 5) is 8.39. The second-order valence-electron chi connectivity index (χ2n) is 4.19. The number of aliphatic imine (C=N–C) groups is 2. The number of hydrogen-bond donors (Lipinski definition) is 2. The van der Waals surface area contributed by atoms with E-state index in [9.17, 15) is 10.2 Å². The standard InChI is InChI=1S/C16H16N2O2.In.3H/c19-15-7-3-1-5-13(15)11-17-9-10-18-12-14-6-2-4-8-16(14)20;;;;/h1-8,11-12,19-20H,9-10H2;;;;/b17-11+,18-12+;;;;. The molecule has 0 radical (unpaired) electrons. The van der Waals surface area contributed by atoms with Gasteiger partial charge in [0.25, 0.3) is 0 Å². The number of hydrogen-bond acceptors (Lipinski definition) is 4. The fourth-order valence-corrected chi connectivity index (χ4v) is 1.63. The van der Waals surface area contributed by atoms with Crippen LogP contribution in [0.1, 0.15) is 11.1 Å². The van der Waals surface area contributed by atoms with Gasteiger partial charge in [0, 0.05) is 23.6 Å². The molecule has 0 amide bonds. The molecular weight excluding hydrogens is 367 g/mol. The van der Waals surface area contributed by atoms with Gasteiger partial charge in [-0.15, -0.1) is 0 Å². The summed E-state index contributed by atoms with van der Waals surface area (Å²) in [5.74, 6) is 0.433. The SMILES string of the molecule is Oc1ccccc1/C=N/CC/N=C/c1ccccc1O.[InH3]. The van der Waals surface area contributed by atoms with Crippen LogP contribution in [0.4, 0.5) is 0 Å². The van der Waals surface area contributed by atoms with Gasteiger partial charge in [-0.3, -0.25) is 9.98 Å². The number of benzene rings is 2. The van der Waals surface area contributed by atoms with Crippen molar-refractivity contribution in [3.05, 3.63) is 59.7 Å². The van der Waals surface area contributed by atoms with Crippen LogP contribution < -0.4 is 0 Å². The van der Waals surface area contributed by atoms with Crippen molar-refractivity contribution in [2.45, 2.75) is 0 Å². The molecule has 0 heterocycles. The molecule has 2 N–H and O–H groups in total. The summed E-state index contributed by atoms with van der Waals surface area (Å²) >= 11 is 0. The number of para-hydroxylation sites is 2. The average Bonchev–Trinajstić information content (AvgIpc) is 2.46. The molecule has 21 heavy (non-hydrogen) atoms. The second kappa shape index (κ2) is 9.23. The third kappa shape index (κ3) is 5.63. The van der Waals surface area contributed by atoms with Crippen LogP contribution in [0.3, 0.4) is 0 Å². The third-order valence-corrected chi connectivity index (χ3v) is 2.69. The Labute approximate surface area is 142 Å². The van der Waals surface area contributed by atoms with E-state index in [1.54, 1.807) is 48.8 Å². The van der Waals surface area contributed by atoms with E-state index in [0.29, 0.717) is 24.2 Å². The molecular formula is C16H19InN2O2. The molecule has 2 rings (SSSR count). The molecule has 0 unspecified atom stereocenters. The Balaban J connectivity index is 0.00000220. The molecule has 5 heteroatoms. The fraction of sp³-hybridized carbons (Fsp3) is 0.125. The van der Waals surface area contributed by atoms with Crippen molar-refractivity contribution in [3.8, 4) is 11.5 Å². The van der Waals surface area contributed by atoms with E-state index >= 15 is 0 Å². The summed E-state index contributed by atoms with van der Waals surface area (Å²) in [6.45, 7) is 1.05. The number of rotatable bonds is 5. The molecule has 0 aliphatic heterocycles. The van der Waals surface area contributed by atoms with Gasteiger partial charge < -0.3 is 10.2 Å². The Bertz CT molecular complexity index is 572. The van der Waals surface area contributed by atoms with E-state index < -0.39 is 0 Å². The average molecular weight is 386 g/mol. The molecule has 0 aromatic heterocycles. The first-order valence-electron chi connectivity index (χ1n) is 6.33. The molecule has 0 aliphatic rings. The first-order valence-corrected chi connectivity index (χ1v) is 6.33. The quantitative estimate of drug-likeness (QED) is 0.604. The molecule has 2 aromatic rings. The Kier molecular flexibility index (Phi) is 7.61. The Morgan fingerprint density at radius 3 is 1.48 bits per heavy atom. The zero-order valence-electron chi connectivity index (χ0n) is 11.0. The Morgan fingerprint density at radius 2 is 1.10 bits per heavy atom. The van der Waals surface area contributed by atoms with Crippen LogP contribution >= 0.6 is 0 Å². The molecule has 4 nitrogen and oxygen atoms in total. The van der Waals surface area contributed by atoms with Crippen LogP contribution in [0.5, 0.6) is 11.5 Å². The van der Waals surface area contributed by atoms with Crippen molar-refractivity contribution < 1.29 is 10.2 Å². The second-order valence-corrected chi connectivity index (χ2v) is 4.19. The molecule has 0 spiro atoms. The Morgan fingerprint density at radius 1 is 0.714 bits per heavy atom.